The lowest BCUT2D eigenvalue weighted by molar-refractivity contribution is -0.120. The molecule has 1 aliphatic rings. The molecule has 2 N–H and O–H groups in total. The van der Waals surface area contributed by atoms with Crippen molar-refractivity contribution in [1.82, 2.24) is 14.9 Å². The Hall–Kier alpha value is -1.68. The fourth-order valence-electron chi connectivity index (χ4n) is 2.75. The van der Waals surface area contributed by atoms with Crippen LogP contribution in [0.3, 0.4) is 0 Å². The van der Waals surface area contributed by atoms with Crippen molar-refractivity contribution in [3.05, 3.63) is 23.3 Å². The van der Waals surface area contributed by atoms with Gasteiger partial charge in [0.2, 0.25) is 15.9 Å². The molecule has 1 aromatic rings. The van der Waals surface area contributed by atoms with Crippen molar-refractivity contribution in [2.24, 2.45) is 0 Å². The lowest BCUT2D eigenvalue weighted by Gasteiger charge is -2.26. The number of carbonyl (C=O) groups excluding carboxylic acids is 1. The molecule has 1 amide bonds. The van der Waals surface area contributed by atoms with Gasteiger partial charge in [-0.3, -0.25) is 9.69 Å². The highest BCUT2D eigenvalue weighted by Crippen LogP contribution is 2.25. The average Bonchev–Trinajstić information content (AvgIpc) is 2.62. The summed E-state index contributed by atoms with van der Waals surface area (Å²) in [6.45, 7) is 7.46. The first-order valence-corrected chi connectivity index (χ1v) is 10.0. The lowest BCUT2D eigenvalue weighted by atomic mass is 10.1. The molecular formula is C17H27N3O5S. The van der Waals surface area contributed by atoms with Gasteiger partial charge in [-0.25, -0.2) is 13.1 Å². The number of carbonyl (C=O) groups is 1. The Balaban J connectivity index is 1.85. The summed E-state index contributed by atoms with van der Waals surface area (Å²) in [6, 6.07) is 3.22. The van der Waals surface area contributed by atoms with Crippen LogP contribution >= 0.6 is 0 Å². The number of morpholine rings is 1. The normalized spacial score (nSPS) is 15.7. The quantitative estimate of drug-likeness (QED) is 0.656. The smallest absolute Gasteiger partial charge is 0.241 e. The minimum absolute atomic E-state index is 0.150. The Morgan fingerprint density at radius 3 is 2.58 bits per heavy atom. The number of sulfonamides is 1. The van der Waals surface area contributed by atoms with Crippen molar-refractivity contribution in [2.45, 2.75) is 18.7 Å². The number of aryl methyl sites for hydroxylation is 2. The summed E-state index contributed by atoms with van der Waals surface area (Å²) in [5, 5.41) is 2.73. The summed E-state index contributed by atoms with van der Waals surface area (Å²) < 4.78 is 37.8. The van der Waals surface area contributed by atoms with E-state index in [1.54, 1.807) is 26.0 Å². The minimum atomic E-state index is -3.77. The zero-order chi connectivity index (χ0) is 19.2. The Kier molecular flexibility index (Phi) is 7.39. The molecule has 0 saturated carbocycles. The van der Waals surface area contributed by atoms with Crippen molar-refractivity contribution in [3.63, 3.8) is 0 Å². The van der Waals surface area contributed by atoms with Gasteiger partial charge in [0.05, 0.1) is 31.8 Å². The standard InChI is InChI=1S/C17H27N3O5S/c1-13-11-16(14(2)10-15(13)24-3)26(22,23)19-12-17(21)18-4-5-20-6-8-25-9-7-20/h10-11,19H,4-9,12H2,1-3H3,(H,18,21). The molecule has 0 aromatic heterocycles. The molecule has 26 heavy (non-hydrogen) atoms. The highest BCUT2D eigenvalue weighted by atomic mass is 32.2. The SMILES string of the molecule is COc1cc(C)c(S(=O)(=O)NCC(=O)NCCN2CCOCC2)cc1C. The first-order valence-electron chi connectivity index (χ1n) is 8.55. The van der Waals surface area contributed by atoms with E-state index in [1.165, 1.54) is 7.11 Å². The van der Waals surface area contributed by atoms with E-state index < -0.39 is 10.0 Å². The summed E-state index contributed by atoms with van der Waals surface area (Å²) in [6.07, 6.45) is 0. The second kappa shape index (κ2) is 9.31. The van der Waals surface area contributed by atoms with E-state index in [0.29, 0.717) is 36.6 Å². The largest absolute Gasteiger partial charge is 0.496 e. The number of rotatable bonds is 8. The monoisotopic (exact) mass is 385 g/mol. The molecule has 0 radical (unpaired) electrons. The third-order valence-electron chi connectivity index (χ3n) is 4.26. The number of nitrogens with zero attached hydrogens (tertiary/aromatic N) is 1. The molecule has 9 heteroatoms. The summed E-state index contributed by atoms with van der Waals surface area (Å²) in [7, 11) is -2.24. The minimum Gasteiger partial charge on any atom is -0.496 e. The fraction of sp³-hybridized carbons (Fsp3) is 0.588. The molecule has 0 spiro atoms. The highest BCUT2D eigenvalue weighted by molar-refractivity contribution is 7.89. The second-order valence-electron chi connectivity index (χ2n) is 6.22. The zero-order valence-corrected chi connectivity index (χ0v) is 16.3. The molecule has 8 nitrogen and oxygen atoms in total. The van der Waals surface area contributed by atoms with Crippen LogP contribution in [0.15, 0.2) is 17.0 Å². The Labute approximate surface area is 154 Å². The highest BCUT2D eigenvalue weighted by Gasteiger charge is 2.20. The molecule has 146 valence electrons. The maximum atomic E-state index is 12.5. The second-order valence-corrected chi connectivity index (χ2v) is 7.95. The Morgan fingerprint density at radius 2 is 1.92 bits per heavy atom. The van der Waals surface area contributed by atoms with Crippen molar-refractivity contribution >= 4 is 15.9 Å². The van der Waals surface area contributed by atoms with Crippen molar-refractivity contribution in [2.75, 3.05) is 53.0 Å². The van der Waals surface area contributed by atoms with Gasteiger partial charge in [0.25, 0.3) is 0 Å². The molecule has 2 rings (SSSR count). The molecule has 0 unspecified atom stereocenters. The topological polar surface area (TPSA) is 97.0 Å². The van der Waals surface area contributed by atoms with Gasteiger partial charge in [-0.15, -0.1) is 0 Å². The van der Waals surface area contributed by atoms with Crippen LogP contribution in [0.4, 0.5) is 0 Å². The summed E-state index contributed by atoms with van der Waals surface area (Å²) in [5.41, 5.74) is 1.28. The van der Waals surface area contributed by atoms with Gasteiger partial charge in [-0.2, -0.15) is 0 Å². The fourth-order valence-corrected chi connectivity index (χ4v) is 4.04. The number of ether oxygens (including phenoxy) is 2. The first kappa shape index (κ1) is 20.6. The van der Waals surface area contributed by atoms with E-state index in [9.17, 15) is 13.2 Å². The van der Waals surface area contributed by atoms with Crippen LogP contribution in [-0.2, 0) is 19.6 Å². The molecular weight excluding hydrogens is 358 g/mol. The van der Waals surface area contributed by atoms with Gasteiger partial charge in [-0.1, -0.05) is 0 Å². The van der Waals surface area contributed by atoms with Gasteiger partial charge in [0, 0.05) is 26.2 Å². The van der Waals surface area contributed by atoms with Crippen LogP contribution in [0.25, 0.3) is 0 Å². The van der Waals surface area contributed by atoms with E-state index in [2.05, 4.69) is 14.9 Å². The first-order chi connectivity index (χ1) is 12.3. The molecule has 1 saturated heterocycles. The molecule has 0 bridgehead atoms. The molecule has 1 aliphatic heterocycles. The van der Waals surface area contributed by atoms with Crippen molar-refractivity contribution < 1.29 is 22.7 Å². The number of methoxy groups -OCH3 is 1. The summed E-state index contributed by atoms with van der Waals surface area (Å²) >= 11 is 0. The molecule has 1 aromatic carbocycles. The van der Waals surface area contributed by atoms with Crippen LogP contribution in [0.5, 0.6) is 5.75 Å². The van der Waals surface area contributed by atoms with Gasteiger partial charge in [0.15, 0.2) is 0 Å². The maximum Gasteiger partial charge on any atom is 0.241 e. The van der Waals surface area contributed by atoms with E-state index in [0.717, 1.165) is 19.6 Å². The van der Waals surface area contributed by atoms with Gasteiger partial charge < -0.3 is 14.8 Å². The summed E-state index contributed by atoms with van der Waals surface area (Å²) in [4.78, 5) is 14.3. The van der Waals surface area contributed by atoms with Gasteiger partial charge in [0.1, 0.15) is 5.75 Å². The zero-order valence-electron chi connectivity index (χ0n) is 15.5. The average molecular weight is 385 g/mol. The third kappa shape index (κ3) is 5.66. The Bertz CT molecular complexity index is 730. The Morgan fingerprint density at radius 1 is 1.23 bits per heavy atom. The number of hydrogen-bond acceptors (Lipinski definition) is 6. The summed E-state index contributed by atoms with van der Waals surface area (Å²) in [5.74, 6) is 0.270. The lowest BCUT2D eigenvalue weighted by Crippen LogP contribution is -2.43. The van der Waals surface area contributed by atoms with E-state index >= 15 is 0 Å². The van der Waals surface area contributed by atoms with Gasteiger partial charge >= 0.3 is 0 Å². The van der Waals surface area contributed by atoms with Crippen molar-refractivity contribution in [1.29, 1.82) is 0 Å². The predicted octanol–water partition coefficient (Wildman–Crippen LogP) is 0.0387. The molecule has 0 atom stereocenters. The maximum absolute atomic E-state index is 12.5. The number of hydrogen-bond donors (Lipinski definition) is 2. The molecule has 0 aliphatic carbocycles. The van der Waals surface area contributed by atoms with Crippen LogP contribution in [-0.4, -0.2) is 72.3 Å². The van der Waals surface area contributed by atoms with Crippen LogP contribution in [0.1, 0.15) is 11.1 Å². The number of benzene rings is 1. The number of nitrogens with one attached hydrogen (secondary N) is 2. The van der Waals surface area contributed by atoms with Crippen LogP contribution in [0.2, 0.25) is 0 Å². The van der Waals surface area contributed by atoms with E-state index in [1.807, 2.05) is 0 Å². The van der Waals surface area contributed by atoms with Gasteiger partial charge in [-0.05, 0) is 37.1 Å². The molecule has 1 heterocycles. The van der Waals surface area contributed by atoms with E-state index in [4.69, 9.17) is 9.47 Å². The van der Waals surface area contributed by atoms with Crippen LogP contribution < -0.4 is 14.8 Å². The molecule has 1 fully saturated rings. The van der Waals surface area contributed by atoms with E-state index in [-0.39, 0.29) is 17.3 Å². The van der Waals surface area contributed by atoms with Crippen LogP contribution in [0, 0.1) is 13.8 Å². The number of amides is 1. The third-order valence-corrected chi connectivity index (χ3v) is 5.80. The predicted molar refractivity (Wildman–Crippen MR) is 97.9 cm³/mol. The van der Waals surface area contributed by atoms with Crippen molar-refractivity contribution in [3.8, 4) is 5.75 Å².